The SMILES string of the molecule is c1ccc(COc2ccc3c(c2)C2Cc4c([nH]c5ccccc45)CN2CC3)cc1. The van der Waals surface area contributed by atoms with Gasteiger partial charge in [0.25, 0.3) is 0 Å². The normalized spacial score (nSPS) is 18.1. The van der Waals surface area contributed by atoms with Crippen LogP contribution in [-0.2, 0) is 26.0 Å². The standard InChI is InChI=1S/C26H24N2O/c1-2-6-18(7-3-1)17-29-20-11-10-19-12-13-28-16-25-23(15-26(28)22(19)14-20)21-8-4-5-9-24(21)27-25/h1-11,14,26-27H,12-13,15-17H2. The molecule has 3 heterocycles. The van der Waals surface area contributed by atoms with Crippen LogP contribution >= 0.6 is 0 Å². The van der Waals surface area contributed by atoms with Crippen LogP contribution in [0.25, 0.3) is 10.9 Å². The summed E-state index contributed by atoms with van der Waals surface area (Å²) in [5.41, 5.74) is 8.26. The molecule has 1 aromatic heterocycles. The molecule has 3 nitrogen and oxygen atoms in total. The van der Waals surface area contributed by atoms with Crippen LogP contribution in [0.1, 0.15) is 34.0 Å². The van der Waals surface area contributed by atoms with E-state index in [1.54, 1.807) is 0 Å². The zero-order valence-electron chi connectivity index (χ0n) is 16.4. The van der Waals surface area contributed by atoms with Crippen molar-refractivity contribution < 1.29 is 4.74 Å². The average molecular weight is 380 g/mol. The van der Waals surface area contributed by atoms with Gasteiger partial charge < -0.3 is 9.72 Å². The maximum atomic E-state index is 6.14. The van der Waals surface area contributed by atoms with Gasteiger partial charge in [-0.05, 0) is 53.3 Å². The van der Waals surface area contributed by atoms with Crippen molar-refractivity contribution in [3.63, 3.8) is 0 Å². The van der Waals surface area contributed by atoms with Gasteiger partial charge in [-0.1, -0.05) is 54.6 Å². The number of para-hydroxylation sites is 1. The maximum absolute atomic E-state index is 6.14. The van der Waals surface area contributed by atoms with Crippen LogP contribution in [0.15, 0.2) is 72.8 Å². The third kappa shape index (κ3) is 2.93. The second-order valence-electron chi connectivity index (χ2n) is 8.20. The van der Waals surface area contributed by atoms with Crippen molar-refractivity contribution >= 4 is 10.9 Å². The van der Waals surface area contributed by atoms with Crippen molar-refractivity contribution in [1.82, 2.24) is 9.88 Å². The van der Waals surface area contributed by atoms with Gasteiger partial charge in [-0.15, -0.1) is 0 Å². The number of benzene rings is 3. The summed E-state index contributed by atoms with van der Waals surface area (Å²) < 4.78 is 6.14. The molecular weight excluding hydrogens is 356 g/mol. The molecule has 3 aromatic carbocycles. The molecule has 1 atom stereocenters. The number of aromatic amines is 1. The maximum Gasteiger partial charge on any atom is 0.120 e. The van der Waals surface area contributed by atoms with E-state index < -0.39 is 0 Å². The van der Waals surface area contributed by atoms with Crippen molar-refractivity contribution in [2.75, 3.05) is 6.54 Å². The summed E-state index contributed by atoms with van der Waals surface area (Å²) in [5, 5.41) is 1.38. The predicted molar refractivity (Wildman–Crippen MR) is 116 cm³/mol. The number of rotatable bonds is 3. The summed E-state index contributed by atoms with van der Waals surface area (Å²) in [5.74, 6) is 0.971. The molecular formula is C26H24N2O. The van der Waals surface area contributed by atoms with Crippen LogP contribution in [0.3, 0.4) is 0 Å². The fourth-order valence-corrected chi connectivity index (χ4v) is 5.01. The second-order valence-corrected chi connectivity index (χ2v) is 8.20. The summed E-state index contributed by atoms with van der Waals surface area (Å²) >= 11 is 0. The molecule has 0 radical (unpaired) electrons. The Hall–Kier alpha value is -3.04. The molecule has 3 heteroatoms. The van der Waals surface area contributed by atoms with Crippen LogP contribution in [0.2, 0.25) is 0 Å². The Kier molecular flexibility index (Phi) is 3.95. The number of aromatic nitrogens is 1. The Balaban J connectivity index is 1.32. The first kappa shape index (κ1) is 16.9. The Morgan fingerprint density at radius 3 is 2.76 bits per heavy atom. The highest BCUT2D eigenvalue weighted by molar-refractivity contribution is 5.85. The van der Waals surface area contributed by atoms with Gasteiger partial charge in [-0.25, -0.2) is 0 Å². The van der Waals surface area contributed by atoms with E-state index in [1.807, 2.05) is 6.07 Å². The van der Waals surface area contributed by atoms with Gasteiger partial charge in [-0.3, -0.25) is 4.90 Å². The van der Waals surface area contributed by atoms with Gasteiger partial charge in [0, 0.05) is 35.7 Å². The minimum absolute atomic E-state index is 0.436. The first-order chi connectivity index (χ1) is 14.3. The Labute approximate surface area is 170 Å². The lowest BCUT2D eigenvalue weighted by molar-refractivity contribution is 0.159. The van der Waals surface area contributed by atoms with Crippen molar-refractivity contribution in [3.8, 4) is 5.75 Å². The summed E-state index contributed by atoms with van der Waals surface area (Å²) in [6.45, 7) is 2.74. The number of nitrogens with one attached hydrogen (secondary N) is 1. The van der Waals surface area contributed by atoms with Crippen molar-refractivity contribution in [1.29, 1.82) is 0 Å². The highest BCUT2D eigenvalue weighted by Crippen LogP contribution is 2.41. The molecule has 4 aromatic rings. The Morgan fingerprint density at radius 1 is 0.966 bits per heavy atom. The molecule has 1 N–H and O–H groups in total. The van der Waals surface area contributed by atoms with E-state index in [0.717, 1.165) is 31.7 Å². The Bertz CT molecular complexity index is 1180. The van der Waals surface area contributed by atoms with E-state index in [-0.39, 0.29) is 0 Å². The third-order valence-corrected chi connectivity index (χ3v) is 6.49. The first-order valence-corrected chi connectivity index (χ1v) is 10.5. The number of hydrogen-bond donors (Lipinski definition) is 1. The van der Waals surface area contributed by atoms with Gasteiger partial charge in [0.05, 0.1) is 0 Å². The van der Waals surface area contributed by atoms with E-state index in [2.05, 4.69) is 76.6 Å². The molecule has 0 fully saturated rings. The van der Waals surface area contributed by atoms with E-state index in [0.29, 0.717) is 12.6 Å². The molecule has 2 aliphatic heterocycles. The minimum Gasteiger partial charge on any atom is -0.489 e. The van der Waals surface area contributed by atoms with E-state index in [1.165, 1.54) is 38.9 Å². The van der Waals surface area contributed by atoms with E-state index in [4.69, 9.17) is 4.74 Å². The molecule has 0 aliphatic carbocycles. The number of hydrogen-bond acceptors (Lipinski definition) is 2. The number of ether oxygens (including phenoxy) is 1. The number of nitrogens with zero attached hydrogens (tertiary/aromatic N) is 1. The molecule has 2 aliphatic rings. The van der Waals surface area contributed by atoms with Crippen molar-refractivity contribution in [2.24, 2.45) is 0 Å². The van der Waals surface area contributed by atoms with Gasteiger partial charge >= 0.3 is 0 Å². The molecule has 6 rings (SSSR count). The molecule has 0 amide bonds. The second kappa shape index (κ2) is 6.78. The quantitative estimate of drug-likeness (QED) is 0.515. The molecule has 0 saturated heterocycles. The van der Waals surface area contributed by atoms with Crippen LogP contribution in [0, 0.1) is 0 Å². The zero-order valence-corrected chi connectivity index (χ0v) is 16.4. The predicted octanol–water partition coefficient (Wildman–Crippen LogP) is 5.40. The van der Waals surface area contributed by atoms with E-state index >= 15 is 0 Å². The van der Waals surface area contributed by atoms with Crippen LogP contribution in [-0.4, -0.2) is 16.4 Å². The molecule has 0 saturated carbocycles. The summed E-state index contributed by atoms with van der Waals surface area (Å²) in [7, 11) is 0. The molecule has 29 heavy (non-hydrogen) atoms. The largest absolute Gasteiger partial charge is 0.489 e. The van der Waals surface area contributed by atoms with Crippen molar-refractivity contribution in [3.05, 3.63) is 101 Å². The average Bonchev–Trinajstić information content (AvgIpc) is 3.14. The van der Waals surface area contributed by atoms with Crippen LogP contribution in [0.4, 0.5) is 0 Å². The van der Waals surface area contributed by atoms with Gasteiger partial charge in [0.1, 0.15) is 12.4 Å². The molecule has 0 spiro atoms. The lowest BCUT2D eigenvalue weighted by atomic mass is 9.85. The Morgan fingerprint density at radius 2 is 1.83 bits per heavy atom. The summed E-state index contributed by atoms with van der Waals surface area (Å²) in [6.07, 6.45) is 2.18. The highest BCUT2D eigenvalue weighted by Gasteiger charge is 2.33. The number of fused-ring (bicyclic) bond motifs is 6. The van der Waals surface area contributed by atoms with Gasteiger partial charge in [0.15, 0.2) is 0 Å². The van der Waals surface area contributed by atoms with Crippen molar-refractivity contribution in [2.45, 2.75) is 32.0 Å². The highest BCUT2D eigenvalue weighted by atomic mass is 16.5. The fraction of sp³-hybridized carbons (Fsp3) is 0.231. The van der Waals surface area contributed by atoms with Gasteiger partial charge in [-0.2, -0.15) is 0 Å². The topological polar surface area (TPSA) is 28.3 Å². The lowest BCUT2D eigenvalue weighted by Gasteiger charge is -2.40. The fourth-order valence-electron chi connectivity index (χ4n) is 5.01. The van der Waals surface area contributed by atoms with Crippen LogP contribution < -0.4 is 4.74 Å². The summed E-state index contributed by atoms with van der Waals surface area (Å²) in [6, 6.07) is 26.2. The minimum atomic E-state index is 0.436. The van der Waals surface area contributed by atoms with Gasteiger partial charge in [0.2, 0.25) is 0 Å². The third-order valence-electron chi connectivity index (χ3n) is 6.49. The summed E-state index contributed by atoms with van der Waals surface area (Å²) in [4.78, 5) is 6.28. The first-order valence-electron chi connectivity index (χ1n) is 10.5. The smallest absolute Gasteiger partial charge is 0.120 e. The molecule has 0 bridgehead atoms. The lowest BCUT2D eigenvalue weighted by Crippen LogP contribution is -2.39. The monoisotopic (exact) mass is 380 g/mol. The molecule has 1 unspecified atom stereocenters. The van der Waals surface area contributed by atoms with E-state index in [9.17, 15) is 0 Å². The zero-order chi connectivity index (χ0) is 19.2. The number of H-pyrrole nitrogens is 1. The molecule has 144 valence electrons. The van der Waals surface area contributed by atoms with Crippen LogP contribution in [0.5, 0.6) is 5.75 Å².